The van der Waals surface area contributed by atoms with E-state index in [0.29, 0.717) is 6.42 Å². The Bertz CT molecular complexity index is 513. The Balaban J connectivity index is 2.13. The molecule has 1 aromatic heterocycles. The van der Waals surface area contributed by atoms with Crippen molar-refractivity contribution in [3.05, 3.63) is 52.6 Å². The van der Waals surface area contributed by atoms with E-state index in [2.05, 4.69) is 24.1 Å². The van der Waals surface area contributed by atoms with Crippen molar-refractivity contribution < 1.29 is 4.39 Å². The Hall–Kier alpha value is -1.44. The molecule has 0 N–H and O–H groups in total. The van der Waals surface area contributed by atoms with Crippen LogP contribution in [0.25, 0.3) is 0 Å². The summed E-state index contributed by atoms with van der Waals surface area (Å²) < 4.78 is 13.9. The highest BCUT2D eigenvalue weighted by Crippen LogP contribution is 2.41. The summed E-state index contributed by atoms with van der Waals surface area (Å²) in [5.41, 5.74) is 4.74. The molecule has 17 heavy (non-hydrogen) atoms. The maximum Gasteiger partial charge on any atom is 0.104 e. The number of hydrogen-bond acceptors (Lipinski definition) is 1. The van der Waals surface area contributed by atoms with E-state index in [4.69, 9.17) is 0 Å². The molecule has 1 nitrogen and oxygen atoms in total. The van der Waals surface area contributed by atoms with Crippen LogP contribution < -0.4 is 0 Å². The van der Waals surface area contributed by atoms with Crippen LogP contribution in [0.5, 0.6) is 0 Å². The van der Waals surface area contributed by atoms with E-state index in [1.165, 1.54) is 16.7 Å². The van der Waals surface area contributed by atoms with E-state index in [0.717, 1.165) is 24.8 Å². The van der Waals surface area contributed by atoms with Crippen molar-refractivity contribution in [2.24, 2.45) is 0 Å². The van der Waals surface area contributed by atoms with E-state index >= 15 is 0 Å². The third kappa shape index (κ3) is 1.72. The number of allylic oxidation sites excluding steroid dienone is 4. The molecule has 0 bridgehead atoms. The lowest BCUT2D eigenvalue weighted by atomic mass is 9.85. The summed E-state index contributed by atoms with van der Waals surface area (Å²) in [5.74, 6) is 0.386. The van der Waals surface area contributed by atoms with E-state index in [-0.39, 0.29) is 11.7 Å². The highest BCUT2D eigenvalue weighted by Gasteiger charge is 2.26. The highest BCUT2D eigenvalue weighted by molar-refractivity contribution is 5.48. The summed E-state index contributed by atoms with van der Waals surface area (Å²) in [6, 6.07) is 2.07. The van der Waals surface area contributed by atoms with Gasteiger partial charge in [-0.15, -0.1) is 0 Å². The first-order valence-electron chi connectivity index (χ1n) is 6.28. The van der Waals surface area contributed by atoms with Gasteiger partial charge in [-0.1, -0.05) is 13.0 Å². The Morgan fingerprint density at radius 2 is 2.18 bits per heavy atom. The molecule has 2 heteroatoms. The van der Waals surface area contributed by atoms with Crippen molar-refractivity contribution >= 4 is 0 Å². The summed E-state index contributed by atoms with van der Waals surface area (Å²) in [6.07, 6.45) is 9.17. The molecule has 0 amide bonds. The van der Waals surface area contributed by atoms with Gasteiger partial charge >= 0.3 is 0 Å². The molecule has 0 saturated carbocycles. The maximum absolute atomic E-state index is 13.9. The van der Waals surface area contributed by atoms with Crippen LogP contribution in [0.4, 0.5) is 4.39 Å². The third-order valence-electron chi connectivity index (χ3n) is 3.93. The second-order valence-corrected chi connectivity index (χ2v) is 4.88. The molecule has 2 aliphatic carbocycles. The number of pyridine rings is 1. The quantitative estimate of drug-likeness (QED) is 0.653. The van der Waals surface area contributed by atoms with Gasteiger partial charge in [0.25, 0.3) is 0 Å². The number of rotatable bonds is 0. The molecule has 1 atom stereocenters. The monoisotopic (exact) mass is 229 g/mol. The van der Waals surface area contributed by atoms with Crippen LogP contribution in [0, 0.1) is 0 Å². The van der Waals surface area contributed by atoms with E-state index in [1.54, 1.807) is 0 Å². The normalized spacial score (nSPS) is 23.6. The fourth-order valence-electron chi connectivity index (χ4n) is 2.98. The lowest BCUT2D eigenvalue weighted by Crippen LogP contribution is -2.04. The first-order valence-corrected chi connectivity index (χ1v) is 6.28. The van der Waals surface area contributed by atoms with E-state index in [1.807, 2.05) is 12.4 Å². The van der Waals surface area contributed by atoms with Gasteiger partial charge in [0.1, 0.15) is 5.83 Å². The molecule has 0 aliphatic heterocycles. The molecular weight excluding hydrogens is 213 g/mol. The predicted molar refractivity (Wildman–Crippen MR) is 66.4 cm³/mol. The van der Waals surface area contributed by atoms with Crippen LogP contribution in [0.1, 0.15) is 43.2 Å². The summed E-state index contributed by atoms with van der Waals surface area (Å²) in [4.78, 5) is 4.21. The van der Waals surface area contributed by atoms with Crippen molar-refractivity contribution in [2.75, 3.05) is 0 Å². The summed E-state index contributed by atoms with van der Waals surface area (Å²) in [6.45, 7) is 2.16. The molecule has 0 saturated heterocycles. The molecule has 1 heterocycles. The van der Waals surface area contributed by atoms with Crippen LogP contribution in [-0.2, 0) is 6.42 Å². The van der Waals surface area contributed by atoms with Crippen LogP contribution in [0.3, 0.4) is 0 Å². The Morgan fingerprint density at radius 3 is 3.06 bits per heavy atom. The zero-order valence-electron chi connectivity index (χ0n) is 10.0. The van der Waals surface area contributed by atoms with Gasteiger partial charge in [0.15, 0.2) is 0 Å². The lowest BCUT2D eigenvalue weighted by Gasteiger charge is -2.20. The molecule has 1 unspecified atom stereocenters. The smallest absolute Gasteiger partial charge is 0.104 e. The van der Waals surface area contributed by atoms with Gasteiger partial charge in [-0.2, -0.15) is 0 Å². The number of hydrogen-bond donors (Lipinski definition) is 0. The maximum atomic E-state index is 13.9. The molecule has 88 valence electrons. The second-order valence-electron chi connectivity index (χ2n) is 4.88. The Kier molecular flexibility index (Phi) is 2.58. The topological polar surface area (TPSA) is 12.9 Å². The van der Waals surface area contributed by atoms with Gasteiger partial charge in [-0.05, 0) is 47.6 Å². The third-order valence-corrected chi connectivity index (χ3v) is 3.93. The first kappa shape index (κ1) is 10.7. The van der Waals surface area contributed by atoms with Gasteiger partial charge in [0, 0.05) is 24.7 Å². The fraction of sp³-hybridized carbons (Fsp3) is 0.400. The second kappa shape index (κ2) is 4.10. The van der Waals surface area contributed by atoms with Crippen LogP contribution in [-0.4, -0.2) is 4.98 Å². The SMILES string of the molecule is CC1C2=CCCC(F)=C2CCc2ccncc21. The molecule has 2 aliphatic rings. The number of fused-ring (bicyclic) bond motifs is 2. The highest BCUT2D eigenvalue weighted by atomic mass is 19.1. The minimum Gasteiger partial charge on any atom is -0.264 e. The van der Waals surface area contributed by atoms with Crippen molar-refractivity contribution in [2.45, 2.75) is 38.5 Å². The van der Waals surface area contributed by atoms with Crippen LogP contribution >= 0.6 is 0 Å². The van der Waals surface area contributed by atoms with Gasteiger partial charge < -0.3 is 0 Å². The van der Waals surface area contributed by atoms with E-state index in [9.17, 15) is 4.39 Å². The minimum atomic E-state index is 0.107. The molecule has 0 spiro atoms. The number of halogens is 1. The van der Waals surface area contributed by atoms with Crippen LogP contribution in [0.2, 0.25) is 0 Å². The summed E-state index contributed by atoms with van der Waals surface area (Å²) in [7, 11) is 0. The van der Waals surface area contributed by atoms with Crippen LogP contribution in [0.15, 0.2) is 41.5 Å². The zero-order chi connectivity index (χ0) is 11.8. The first-order chi connectivity index (χ1) is 8.27. The molecule has 0 fully saturated rings. The predicted octanol–water partition coefficient (Wildman–Crippen LogP) is 4.08. The molecule has 0 aromatic carbocycles. The largest absolute Gasteiger partial charge is 0.264 e. The van der Waals surface area contributed by atoms with Gasteiger partial charge in [0.05, 0.1) is 0 Å². The molecular formula is C15H16FN. The van der Waals surface area contributed by atoms with Crippen molar-refractivity contribution in [1.29, 1.82) is 0 Å². The number of aryl methyl sites for hydroxylation is 1. The van der Waals surface area contributed by atoms with Crippen molar-refractivity contribution in [1.82, 2.24) is 4.98 Å². The molecule has 3 rings (SSSR count). The zero-order valence-corrected chi connectivity index (χ0v) is 10.0. The van der Waals surface area contributed by atoms with Crippen molar-refractivity contribution in [3.63, 3.8) is 0 Å². The average molecular weight is 229 g/mol. The number of aromatic nitrogens is 1. The summed E-state index contributed by atoms with van der Waals surface area (Å²) >= 11 is 0. The molecule has 0 radical (unpaired) electrons. The lowest BCUT2D eigenvalue weighted by molar-refractivity contribution is 0.563. The van der Waals surface area contributed by atoms with E-state index < -0.39 is 0 Å². The summed E-state index contributed by atoms with van der Waals surface area (Å²) in [5, 5.41) is 0. The molecule has 1 aromatic rings. The van der Waals surface area contributed by atoms with Gasteiger partial charge in [0.2, 0.25) is 0 Å². The number of nitrogens with zero attached hydrogens (tertiary/aromatic N) is 1. The van der Waals surface area contributed by atoms with Crippen molar-refractivity contribution in [3.8, 4) is 0 Å². The minimum absolute atomic E-state index is 0.107. The Labute approximate surface area is 101 Å². The van der Waals surface area contributed by atoms with Gasteiger partial charge in [-0.25, -0.2) is 4.39 Å². The standard InChI is InChI=1S/C15H16FN/c1-10-12-3-2-4-15(16)13(12)6-5-11-7-8-17-9-14(10)11/h3,7-10H,2,4-6H2,1H3. The van der Waals surface area contributed by atoms with Gasteiger partial charge in [-0.3, -0.25) is 4.98 Å². The Morgan fingerprint density at radius 1 is 1.29 bits per heavy atom. The fourth-order valence-corrected chi connectivity index (χ4v) is 2.98. The average Bonchev–Trinajstić information content (AvgIpc) is 2.50.